The molecule has 0 aromatic heterocycles. The highest BCUT2D eigenvalue weighted by molar-refractivity contribution is 14.1. The second-order valence-electron chi connectivity index (χ2n) is 6.54. The van der Waals surface area contributed by atoms with E-state index in [-0.39, 0.29) is 34.6 Å². The Bertz CT molecular complexity index is 792. The normalized spacial score (nSPS) is 27.0. The van der Waals surface area contributed by atoms with Gasteiger partial charge in [0.05, 0.1) is 17.5 Å². The van der Waals surface area contributed by atoms with E-state index in [2.05, 4.69) is 27.6 Å². The standard InChI is InChI=1S/C16H19IN2O3S2/c1-10(2)6-15(20)18-16-19(12-5-3-4-11(17)7-12)13-8-24(21,22)9-14(13)23-16/h3-5,7,10,13-14H,6,8-9H2,1-2H3/t13-,14-/m0/s1. The molecule has 1 aromatic carbocycles. The van der Waals surface area contributed by atoms with Crippen LogP contribution in [0.5, 0.6) is 0 Å². The number of benzene rings is 1. The van der Waals surface area contributed by atoms with Gasteiger partial charge in [0.1, 0.15) is 0 Å². The highest BCUT2D eigenvalue weighted by Gasteiger charge is 2.49. The van der Waals surface area contributed by atoms with Crippen LogP contribution in [-0.4, -0.2) is 42.3 Å². The summed E-state index contributed by atoms with van der Waals surface area (Å²) in [5.41, 5.74) is 0.898. The van der Waals surface area contributed by atoms with Crippen molar-refractivity contribution < 1.29 is 13.2 Å². The van der Waals surface area contributed by atoms with Crippen molar-refractivity contribution in [2.75, 3.05) is 16.4 Å². The number of aliphatic imine (C=N–C) groups is 1. The molecule has 24 heavy (non-hydrogen) atoms. The van der Waals surface area contributed by atoms with Crippen LogP contribution >= 0.6 is 34.4 Å². The summed E-state index contributed by atoms with van der Waals surface area (Å²) in [4.78, 5) is 18.4. The zero-order valence-corrected chi connectivity index (χ0v) is 17.3. The number of halogens is 1. The van der Waals surface area contributed by atoms with Gasteiger partial charge in [-0.25, -0.2) is 8.42 Å². The lowest BCUT2D eigenvalue weighted by molar-refractivity contribution is -0.118. The molecule has 0 aliphatic carbocycles. The summed E-state index contributed by atoms with van der Waals surface area (Å²) in [6, 6.07) is 7.71. The third-order valence-corrected chi connectivity index (χ3v) is 7.84. The average Bonchev–Trinajstić information content (AvgIpc) is 2.88. The van der Waals surface area contributed by atoms with Gasteiger partial charge in [0.15, 0.2) is 15.0 Å². The van der Waals surface area contributed by atoms with E-state index in [0.29, 0.717) is 11.6 Å². The van der Waals surface area contributed by atoms with Crippen molar-refractivity contribution in [3.8, 4) is 0 Å². The van der Waals surface area contributed by atoms with Crippen molar-refractivity contribution in [3.05, 3.63) is 27.8 Å². The second-order valence-corrected chi connectivity index (χ2v) is 11.1. The van der Waals surface area contributed by atoms with E-state index in [1.54, 1.807) is 0 Å². The Kier molecular flexibility index (Phi) is 5.27. The van der Waals surface area contributed by atoms with Crippen LogP contribution in [0, 0.1) is 9.49 Å². The number of thioether (sulfide) groups is 1. The molecular weight excluding hydrogens is 459 g/mol. The molecule has 2 heterocycles. The smallest absolute Gasteiger partial charge is 0.248 e. The first-order valence-electron chi connectivity index (χ1n) is 7.78. The van der Waals surface area contributed by atoms with E-state index in [1.807, 2.05) is 43.0 Å². The maximum Gasteiger partial charge on any atom is 0.248 e. The fourth-order valence-corrected chi connectivity index (χ4v) is 7.45. The number of fused-ring (bicyclic) bond motifs is 1. The van der Waals surface area contributed by atoms with Gasteiger partial charge in [-0.15, -0.1) is 0 Å². The van der Waals surface area contributed by atoms with Crippen LogP contribution in [0.15, 0.2) is 29.3 Å². The lowest BCUT2D eigenvalue weighted by atomic mass is 10.1. The van der Waals surface area contributed by atoms with Crippen LogP contribution in [0.1, 0.15) is 20.3 Å². The fourth-order valence-electron chi connectivity index (χ4n) is 2.99. The molecule has 2 aliphatic rings. The summed E-state index contributed by atoms with van der Waals surface area (Å²) in [6.07, 6.45) is 0.401. The summed E-state index contributed by atoms with van der Waals surface area (Å²) in [5.74, 6) is 0.374. The molecule has 130 valence electrons. The largest absolute Gasteiger partial charge is 0.316 e. The number of amidine groups is 1. The van der Waals surface area contributed by atoms with E-state index < -0.39 is 9.84 Å². The molecule has 2 saturated heterocycles. The summed E-state index contributed by atoms with van der Waals surface area (Å²) >= 11 is 3.65. The molecule has 0 bridgehead atoms. The van der Waals surface area contributed by atoms with Crippen LogP contribution < -0.4 is 4.90 Å². The Morgan fingerprint density at radius 3 is 2.83 bits per heavy atom. The van der Waals surface area contributed by atoms with E-state index in [0.717, 1.165) is 9.26 Å². The van der Waals surface area contributed by atoms with Gasteiger partial charge in [-0.2, -0.15) is 4.99 Å². The van der Waals surface area contributed by atoms with Crippen LogP contribution in [-0.2, 0) is 14.6 Å². The van der Waals surface area contributed by atoms with Crippen molar-refractivity contribution in [2.45, 2.75) is 31.6 Å². The minimum atomic E-state index is -3.03. The number of sulfone groups is 1. The molecule has 0 spiro atoms. The van der Waals surface area contributed by atoms with Gasteiger partial charge in [0, 0.05) is 20.9 Å². The molecule has 0 N–H and O–H groups in total. The minimum absolute atomic E-state index is 0.0570. The fraction of sp³-hybridized carbons (Fsp3) is 0.500. The number of nitrogens with zero attached hydrogens (tertiary/aromatic N) is 2. The number of amides is 1. The number of hydrogen-bond donors (Lipinski definition) is 0. The van der Waals surface area contributed by atoms with Crippen molar-refractivity contribution >= 4 is 61.0 Å². The molecule has 8 heteroatoms. The number of anilines is 1. The molecule has 0 saturated carbocycles. The van der Waals surface area contributed by atoms with E-state index in [9.17, 15) is 13.2 Å². The topological polar surface area (TPSA) is 66.8 Å². The highest BCUT2D eigenvalue weighted by atomic mass is 127. The van der Waals surface area contributed by atoms with Gasteiger partial charge >= 0.3 is 0 Å². The van der Waals surface area contributed by atoms with Crippen molar-refractivity contribution in [1.29, 1.82) is 0 Å². The molecule has 5 nitrogen and oxygen atoms in total. The zero-order chi connectivity index (χ0) is 17.5. The Morgan fingerprint density at radius 2 is 2.17 bits per heavy atom. The second kappa shape index (κ2) is 6.95. The average molecular weight is 478 g/mol. The van der Waals surface area contributed by atoms with E-state index >= 15 is 0 Å². The lowest BCUT2D eigenvalue weighted by Crippen LogP contribution is -2.37. The Labute approximate surface area is 160 Å². The van der Waals surface area contributed by atoms with E-state index in [4.69, 9.17) is 0 Å². The van der Waals surface area contributed by atoms with Gasteiger partial charge < -0.3 is 4.90 Å². The van der Waals surface area contributed by atoms with Gasteiger partial charge in [0.25, 0.3) is 0 Å². The molecule has 0 unspecified atom stereocenters. The Hall–Kier alpha value is -0.610. The molecule has 1 aromatic rings. The third-order valence-electron chi connectivity index (χ3n) is 3.96. The quantitative estimate of drug-likeness (QED) is 0.626. The first-order valence-corrected chi connectivity index (χ1v) is 11.6. The Balaban J connectivity index is 1.97. The maximum atomic E-state index is 12.2. The van der Waals surface area contributed by atoms with Gasteiger partial charge in [-0.1, -0.05) is 31.7 Å². The SMILES string of the molecule is CC(C)CC(=O)N=C1S[C@H]2CS(=O)(=O)C[C@@H]2N1c1cccc(I)c1. The van der Waals surface area contributed by atoms with Crippen molar-refractivity contribution in [2.24, 2.45) is 10.9 Å². The molecule has 3 rings (SSSR count). The first-order chi connectivity index (χ1) is 11.2. The van der Waals surface area contributed by atoms with Gasteiger partial charge in [-0.3, -0.25) is 4.79 Å². The maximum absolute atomic E-state index is 12.2. The molecule has 1 amide bonds. The lowest BCUT2D eigenvalue weighted by Gasteiger charge is -2.24. The number of carbonyl (C=O) groups excluding carboxylic acids is 1. The summed E-state index contributed by atoms with van der Waals surface area (Å²) in [7, 11) is -3.03. The molecule has 2 fully saturated rings. The first kappa shape index (κ1) is 18.2. The Morgan fingerprint density at radius 1 is 1.42 bits per heavy atom. The minimum Gasteiger partial charge on any atom is -0.316 e. The predicted octanol–water partition coefficient (Wildman–Crippen LogP) is 2.94. The van der Waals surface area contributed by atoms with Crippen molar-refractivity contribution in [3.63, 3.8) is 0 Å². The summed E-state index contributed by atoms with van der Waals surface area (Å²) in [5, 5.41) is 0.575. The molecule has 2 aliphatic heterocycles. The zero-order valence-electron chi connectivity index (χ0n) is 13.5. The molecule has 2 atom stereocenters. The number of carbonyl (C=O) groups is 1. The summed E-state index contributed by atoms with van der Waals surface area (Å²) < 4.78 is 25.1. The van der Waals surface area contributed by atoms with Crippen LogP contribution in [0.4, 0.5) is 5.69 Å². The van der Waals surface area contributed by atoms with Crippen LogP contribution in [0.25, 0.3) is 0 Å². The van der Waals surface area contributed by atoms with Crippen LogP contribution in [0.3, 0.4) is 0 Å². The van der Waals surface area contributed by atoms with Crippen molar-refractivity contribution in [1.82, 2.24) is 0 Å². The number of rotatable bonds is 3. The van der Waals surface area contributed by atoms with Gasteiger partial charge in [0.2, 0.25) is 5.91 Å². The molecular formula is C16H19IN2O3S2. The summed E-state index contributed by atoms with van der Waals surface area (Å²) in [6.45, 7) is 3.97. The predicted molar refractivity (Wildman–Crippen MR) is 107 cm³/mol. The highest BCUT2D eigenvalue weighted by Crippen LogP contribution is 2.41. The molecule has 0 radical (unpaired) electrons. The van der Waals surface area contributed by atoms with E-state index in [1.165, 1.54) is 11.8 Å². The monoisotopic (exact) mass is 478 g/mol. The number of hydrogen-bond acceptors (Lipinski definition) is 4. The van der Waals surface area contributed by atoms with Crippen LogP contribution in [0.2, 0.25) is 0 Å². The third kappa shape index (κ3) is 3.96. The van der Waals surface area contributed by atoms with Gasteiger partial charge in [-0.05, 0) is 46.7 Å².